The van der Waals surface area contributed by atoms with Gasteiger partial charge in [0.15, 0.2) is 0 Å². The predicted molar refractivity (Wildman–Crippen MR) is 156 cm³/mol. The van der Waals surface area contributed by atoms with Crippen molar-refractivity contribution in [3.8, 4) is 28.1 Å². The van der Waals surface area contributed by atoms with Crippen molar-refractivity contribution in [2.24, 2.45) is 0 Å². The van der Waals surface area contributed by atoms with Crippen LogP contribution in [0.5, 0.6) is 0 Å². The number of carbonyl (C=O) groups is 1. The number of pyridine rings is 1. The lowest BCUT2D eigenvalue weighted by Gasteiger charge is -2.26. The molecule has 0 saturated carbocycles. The van der Waals surface area contributed by atoms with E-state index in [0.29, 0.717) is 35.1 Å². The van der Waals surface area contributed by atoms with Crippen LogP contribution < -0.4 is 10.5 Å². The Kier molecular flexibility index (Phi) is 7.31. The first-order valence-corrected chi connectivity index (χ1v) is 13.7. The monoisotopic (exact) mass is 586 g/mol. The van der Waals surface area contributed by atoms with Crippen molar-refractivity contribution in [1.29, 1.82) is 0 Å². The Hall–Kier alpha value is -4.81. The van der Waals surface area contributed by atoms with Crippen LogP contribution in [-0.4, -0.2) is 65.7 Å². The van der Waals surface area contributed by atoms with Crippen LogP contribution in [0.3, 0.4) is 0 Å². The smallest absolute Gasteiger partial charge is 0.412 e. The fourth-order valence-corrected chi connectivity index (χ4v) is 5.72. The molecular formula is C29H27ClN8O4. The van der Waals surface area contributed by atoms with Gasteiger partial charge in [-0.1, -0.05) is 23.7 Å². The number of methoxy groups -OCH3 is 1. The van der Waals surface area contributed by atoms with Crippen LogP contribution in [0.25, 0.3) is 28.1 Å². The summed E-state index contributed by atoms with van der Waals surface area (Å²) in [7, 11) is 1.54. The number of halogens is 1. The Balaban J connectivity index is 1.28. The van der Waals surface area contributed by atoms with Crippen molar-refractivity contribution >= 4 is 23.4 Å². The molecule has 2 atom stereocenters. The van der Waals surface area contributed by atoms with E-state index in [1.54, 1.807) is 55.1 Å². The topological polar surface area (TPSA) is 144 Å². The Morgan fingerprint density at radius 3 is 2.71 bits per heavy atom. The lowest BCUT2D eigenvalue weighted by atomic mass is 10.0. The van der Waals surface area contributed by atoms with Gasteiger partial charge in [-0.3, -0.25) is 9.69 Å². The molecule has 5 aromatic rings. The van der Waals surface area contributed by atoms with E-state index in [0.717, 1.165) is 28.1 Å². The van der Waals surface area contributed by atoms with Gasteiger partial charge in [0.25, 0.3) is 5.56 Å². The first-order chi connectivity index (χ1) is 20.3. The van der Waals surface area contributed by atoms with E-state index < -0.39 is 6.09 Å². The molecule has 0 saturated heterocycles. The maximum Gasteiger partial charge on any atom is 0.412 e. The fraction of sp³-hybridized carbons (Fsp3) is 0.241. The number of ether oxygens (including phenoxy) is 1. The van der Waals surface area contributed by atoms with E-state index >= 15 is 0 Å². The highest BCUT2D eigenvalue weighted by molar-refractivity contribution is 6.31. The third-order valence-electron chi connectivity index (χ3n) is 7.42. The summed E-state index contributed by atoms with van der Waals surface area (Å²) in [5.74, 6) is 0.681. The number of aromatic amines is 1. The van der Waals surface area contributed by atoms with E-state index in [1.165, 1.54) is 15.9 Å². The van der Waals surface area contributed by atoms with Gasteiger partial charge in [-0.15, -0.1) is 5.10 Å². The van der Waals surface area contributed by atoms with Crippen molar-refractivity contribution in [3.63, 3.8) is 0 Å². The second-order valence-corrected chi connectivity index (χ2v) is 10.5. The van der Waals surface area contributed by atoms with Crippen LogP contribution in [0.15, 0.2) is 71.9 Å². The standard InChI is InChI=1S/C29H27ClN8O4/c1-17(15-42-2)37(29(40)41)21-6-3-18(4-7-21)24-14-31-28(33-24)26-10-8-22-11-19(12-27(39)38(22)26)23-13-20(30)5-9-25(23)36-16-32-34-35-36/h3-7,9,11-14,16-17,26H,8,10,15H2,1-2H3,(H,31,33)(H,40,41)/t17?,26-/m0/s1. The molecule has 0 radical (unpaired) electrons. The molecule has 6 rings (SSSR count). The number of aryl methyl sites for hydroxylation is 1. The number of amides is 1. The lowest BCUT2D eigenvalue weighted by molar-refractivity contribution is 0.168. The van der Waals surface area contributed by atoms with Gasteiger partial charge in [-0.05, 0) is 77.7 Å². The van der Waals surface area contributed by atoms with Crippen LogP contribution in [0, 0.1) is 0 Å². The minimum Gasteiger partial charge on any atom is -0.465 e. The summed E-state index contributed by atoms with van der Waals surface area (Å²) < 4.78 is 8.45. The van der Waals surface area contributed by atoms with Crippen molar-refractivity contribution in [2.45, 2.75) is 31.8 Å². The summed E-state index contributed by atoms with van der Waals surface area (Å²) in [6.45, 7) is 2.07. The third-order valence-corrected chi connectivity index (χ3v) is 7.66. The number of aromatic nitrogens is 7. The molecule has 1 unspecified atom stereocenters. The first-order valence-electron chi connectivity index (χ1n) is 13.3. The molecule has 1 aliphatic heterocycles. The number of nitrogens with one attached hydrogen (secondary N) is 1. The maximum atomic E-state index is 13.5. The minimum absolute atomic E-state index is 0.145. The summed E-state index contributed by atoms with van der Waals surface area (Å²) in [5.41, 5.74) is 5.11. The van der Waals surface area contributed by atoms with Crippen LogP contribution in [0.2, 0.25) is 5.02 Å². The number of H-pyrrole nitrogens is 1. The number of tetrazole rings is 1. The van der Waals surface area contributed by atoms with Gasteiger partial charge < -0.3 is 19.4 Å². The zero-order valence-corrected chi connectivity index (χ0v) is 23.6. The largest absolute Gasteiger partial charge is 0.465 e. The number of rotatable bonds is 8. The highest BCUT2D eigenvalue weighted by atomic mass is 35.5. The van der Waals surface area contributed by atoms with Gasteiger partial charge in [-0.25, -0.2) is 9.78 Å². The van der Waals surface area contributed by atoms with Crippen LogP contribution in [0.4, 0.5) is 10.5 Å². The maximum absolute atomic E-state index is 13.5. The van der Waals surface area contributed by atoms with Gasteiger partial charge in [0.05, 0.1) is 36.3 Å². The molecule has 0 fully saturated rings. The van der Waals surface area contributed by atoms with Crippen LogP contribution in [-0.2, 0) is 11.2 Å². The predicted octanol–water partition coefficient (Wildman–Crippen LogP) is 4.59. The number of fused-ring (bicyclic) bond motifs is 1. The number of hydrogen-bond donors (Lipinski definition) is 2. The molecule has 1 amide bonds. The molecule has 13 heteroatoms. The molecule has 0 spiro atoms. The second-order valence-electron chi connectivity index (χ2n) is 10.1. The summed E-state index contributed by atoms with van der Waals surface area (Å²) in [4.78, 5) is 34.6. The van der Waals surface area contributed by atoms with E-state index in [9.17, 15) is 14.7 Å². The Bertz CT molecular complexity index is 1800. The highest BCUT2D eigenvalue weighted by Gasteiger charge is 2.28. The molecule has 214 valence electrons. The van der Waals surface area contributed by atoms with Gasteiger partial charge in [0.1, 0.15) is 12.2 Å². The van der Waals surface area contributed by atoms with E-state index in [4.69, 9.17) is 16.3 Å². The number of imidazole rings is 1. The van der Waals surface area contributed by atoms with Gasteiger partial charge in [0.2, 0.25) is 0 Å². The number of carboxylic acid groups (broad SMARTS) is 1. The zero-order chi connectivity index (χ0) is 29.4. The first kappa shape index (κ1) is 27.4. The van der Waals surface area contributed by atoms with Crippen molar-refractivity contribution in [2.75, 3.05) is 18.6 Å². The molecule has 12 nitrogen and oxygen atoms in total. The van der Waals surface area contributed by atoms with Crippen LogP contribution in [0.1, 0.15) is 30.9 Å². The molecule has 0 bridgehead atoms. The summed E-state index contributed by atoms with van der Waals surface area (Å²) in [5, 5.41) is 21.7. The van der Waals surface area contributed by atoms with Crippen LogP contribution >= 0.6 is 11.6 Å². The number of hydrogen-bond acceptors (Lipinski definition) is 7. The normalized spacial score (nSPS) is 15.0. The molecule has 2 aromatic carbocycles. The average Bonchev–Trinajstić information content (AvgIpc) is 3.75. The second kappa shape index (κ2) is 11.2. The molecule has 42 heavy (non-hydrogen) atoms. The van der Waals surface area contributed by atoms with Gasteiger partial charge >= 0.3 is 6.09 Å². The zero-order valence-electron chi connectivity index (χ0n) is 22.8. The van der Waals surface area contributed by atoms with Crippen molar-refractivity contribution in [1.82, 2.24) is 34.7 Å². The van der Waals surface area contributed by atoms with Gasteiger partial charge in [-0.2, -0.15) is 4.68 Å². The quantitative estimate of drug-likeness (QED) is 0.269. The van der Waals surface area contributed by atoms with E-state index in [-0.39, 0.29) is 24.2 Å². The molecular weight excluding hydrogens is 560 g/mol. The third kappa shape index (κ3) is 5.06. The number of anilines is 1. The SMILES string of the molecule is COCC(C)N(C(=O)O)c1ccc(-c2cnc([C@@H]3CCc4cc(-c5cc(Cl)ccc5-n5cnnn5)cc(=O)n43)[nH]2)cc1. The number of benzene rings is 2. The lowest BCUT2D eigenvalue weighted by Crippen LogP contribution is -2.40. The minimum atomic E-state index is -1.05. The van der Waals surface area contributed by atoms with E-state index in [1.807, 2.05) is 24.3 Å². The van der Waals surface area contributed by atoms with Crippen molar-refractivity contribution in [3.05, 3.63) is 94.0 Å². The molecule has 3 aromatic heterocycles. The Labute approximate surface area is 245 Å². The summed E-state index contributed by atoms with van der Waals surface area (Å²) >= 11 is 6.32. The van der Waals surface area contributed by atoms with E-state index in [2.05, 4.69) is 25.5 Å². The Morgan fingerprint density at radius 2 is 2.00 bits per heavy atom. The fourth-order valence-electron chi connectivity index (χ4n) is 5.54. The number of nitrogens with zero attached hydrogens (tertiary/aromatic N) is 7. The molecule has 1 aliphatic rings. The Morgan fingerprint density at radius 1 is 1.19 bits per heavy atom. The van der Waals surface area contributed by atoms with Crippen molar-refractivity contribution < 1.29 is 14.6 Å². The molecule has 4 heterocycles. The highest BCUT2D eigenvalue weighted by Crippen LogP contribution is 2.34. The molecule has 0 aliphatic carbocycles. The molecule has 2 N–H and O–H groups in total. The summed E-state index contributed by atoms with van der Waals surface area (Å²) in [6.07, 6.45) is 3.59. The average molecular weight is 587 g/mol. The van der Waals surface area contributed by atoms with Gasteiger partial charge in [0, 0.05) is 35.1 Å². The summed E-state index contributed by atoms with van der Waals surface area (Å²) in [6, 6.07) is 15.6.